The number of hydrogen-bond donors (Lipinski definition) is 2. The van der Waals surface area contributed by atoms with E-state index in [0.717, 1.165) is 5.56 Å². The highest BCUT2D eigenvalue weighted by Crippen LogP contribution is 2.21. The molecule has 6 heteroatoms. The second kappa shape index (κ2) is 6.91. The van der Waals surface area contributed by atoms with Crippen LogP contribution in [0.2, 0.25) is 0 Å². The van der Waals surface area contributed by atoms with E-state index in [1.54, 1.807) is 0 Å². The summed E-state index contributed by atoms with van der Waals surface area (Å²) >= 11 is 0. The zero-order valence-corrected chi connectivity index (χ0v) is 13.1. The first-order chi connectivity index (χ1) is 10.9. The van der Waals surface area contributed by atoms with Gasteiger partial charge < -0.3 is 10.6 Å². The van der Waals surface area contributed by atoms with Gasteiger partial charge in [-0.3, -0.25) is 10.1 Å². The maximum atomic E-state index is 12.0. The summed E-state index contributed by atoms with van der Waals surface area (Å²) in [7, 11) is 0. The smallest absolute Gasteiger partial charge is 0.319 e. The number of hydrogen-bond acceptors (Lipinski definition) is 3. The van der Waals surface area contributed by atoms with E-state index in [-0.39, 0.29) is 17.1 Å². The number of carbonyl (C=O) groups excluding carboxylic acids is 1. The largest absolute Gasteiger partial charge is 0.337 e. The average Bonchev–Trinajstić information content (AvgIpc) is 2.54. The maximum absolute atomic E-state index is 12.0. The molecule has 0 unspecified atom stereocenters. The number of nitro benzene ring substituents is 1. The quantitative estimate of drug-likeness (QED) is 0.652. The van der Waals surface area contributed by atoms with E-state index in [1.165, 1.54) is 24.3 Å². The molecule has 0 aliphatic rings. The van der Waals surface area contributed by atoms with Gasteiger partial charge in [-0.25, -0.2) is 4.79 Å². The summed E-state index contributed by atoms with van der Waals surface area (Å²) in [5.74, 6) is 0. The summed E-state index contributed by atoms with van der Waals surface area (Å²) in [5.41, 5.74) is 1.43. The van der Waals surface area contributed by atoms with E-state index in [9.17, 15) is 14.9 Å². The van der Waals surface area contributed by atoms with Gasteiger partial charge in [0, 0.05) is 29.8 Å². The SMILES string of the molecule is CC(C)(CNC(=O)Nc1ccc([N+](=O)[O-])cc1)c1ccccc1. The summed E-state index contributed by atoms with van der Waals surface area (Å²) in [4.78, 5) is 22.1. The molecular weight excluding hydrogens is 294 g/mol. The van der Waals surface area contributed by atoms with Crippen molar-refractivity contribution in [3.63, 3.8) is 0 Å². The lowest BCUT2D eigenvalue weighted by Gasteiger charge is -2.25. The number of amides is 2. The van der Waals surface area contributed by atoms with Crippen LogP contribution in [0.25, 0.3) is 0 Å². The predicted octanol–water partition coefficient (Wildman–Crippen LogP) is 3.69. The van der Waals surface area contributed by atoms with Crippen LogP contribution in [0, 0.1) is 10.1 Å². The molecule has 0 saturated carbocycles. The zero-order chi connectivity index (χ0) is 16.9. The molecule has 0 spiro atoms. The summed E-state index contributed by atoms with van der Waals surface area (Å²) < 4.78 is 0. The van der Waals surface area contributed by atoms with E-state index in [4.69, 9.17) is 0 Å². The van der Waals surface area contributed by atoms with Crippen molar-refractivity contribution >= 4 is 17.4 Å². The lowest BCUT2D eigenvalue weighted by atomic mass is 9.85. The normalized spacial score (nSPS) is 10.9. The third-order valence-corrected chi connectivity index (χ3v) is 3.58. The van der Waals surface area contributed by atoms with Crippen LogP contribution in [0.15, 0.2) is 54.6 Å². The molecule has 0 heterocycles. The number of nitrogens with zero attached hydrogens (tertiary/aromatic N) is 1. The number of benzene rings is 2. The topological polar surface area (TPSA) is 84.3 Å². The molecule has 0 radical (unpaired) electrons. The fourth-order valence-corrected chi connectivity index (χ4v) is 2.13. The monoisotopic (exact) mass is 313 g/mol. The molecule has 2 amide bonds. The second-order valence-corrected chi connectivity index (χ2v) is 5.86. The molecule has 2 aromatic carbocycles. The zero-order valence-electron chi connectivity index (χ0n) is 13.1. The molecule has 0 bridgehead atoms. The Morgan fingerprint density at radius 3 is 2.26 bits per heavy atom. The first-order valence-electron chi connectivity index (χ1n) is 7.23. The van der Waals surface area contributed by atoms with Crippen molar-refractivity contribution in [2.24, 2.45) is 0 Å². The fourth-order valence-electron chi connectivity index (χ4n) is 2.13. The van der Waals surface area contributed by atoms with Crippen molar-refractivity contribution in [1.29, 1.82) is 0 Å². The van der Waals surface area contributed by atoms with Crippen molar-refractivity contribution in [2.75, 3.05) is 11.9 Å². The standard InChI is InChI=1S/C17H19N3O3/c1-17(2,13-6-4-3-5-7-13)12-18-16(21)19-14-8-10-15(11-9-14)20(22)23/h3-11H,12H2,1-2H3,(H2,18,19,21). The van der Waals surface area contributed by atoms with E-state index in [0.29, 0.717) is 12.2 Å². The Kier molecular flexibility index (Phi) is 4.95. The number of non-ortho nitro benzene ring substituents is 1. The van der Waals surface area contributed by atoms with Crippen LogP contribution in [0.3, 0.4) is 0 Å². The molecule has 0 aliphatic carbocycles. The van der Waals surface area contributed by atoms with Crippen molar-refractivity contribution in [3.05, 3.63) is 70.3 Å². The Balaban J connectivity index is 1.91. The Morgan fingerprint density at radius 2 is 1.70 bits per heavy atom. The van der Waals surface area contributed by atoms with Crippen molar-refractivity contribution in [2.45, 2.75) is 19.3 Å². The summed E-state index contributed by atoms with van der Waals surface area (Å²) in [6, 6.07) is 15.3. The molecule has 0 atom stereocenters. The summed E-state index contributed by atoms with van der Waals surface area (Å²) in [6.45, 7) is 4.57. The van der Waals surface area contributed by atoms with Crippen LogP contribution >= 0.6 is 0 Å². The number of rotatable bonds is 5. The molecule has 0 aromatic heterocycles. The minimum atomic E-state index is -0.480. The van der Waals surface area contributed by atoms with Crippen molar-refractivity contribution < 1.29 is 9.72 Å². The van der Waals surface area contributed by atoms with Gasteiger partial charge in [0.15, 0.2) is 0 Å². The van der Waals surface area contributed by atoms with Crippen LogP contribution < -0.4 is 10.6 Å². The van der Waals surface area contributed by atoms with Crippen LogP contribution in [0.1, 0.15) is 19.4 Å². The van der Waals surface area contributed by atoms with E-state index >= 15 is 0 Å². The van der Waals surface area contributed by atoms with Crippen LogP contribution in [-0.4, -0.2) is 17.5 Å². The molecule has 23 heavy (non-hydrogen) atoms. The van der Waals surface area contributed by atoms with E-state index in [2.05, 4.69) is 24.5 Å². The highest BCUT2D eigenvalue weighted by molar-refractivity contribution is 5.89. The third-order valence-electron chi connectivity index (χ3n) is 3.58. The minimum Gasteiger partial charge on any atom is -0.337 e. The Morgan fingerprint density at radius 1 is 1.09 bits per heavy atom. The number of anilines is 1. The molecule has 6 nitrogen and oxygen atoms in total. The molecular formula is C17H19N3O3. The molecule has 2 aromatic rings. The highest BCUT2D eigenvalue weighted by Gasteiger charge is 2.21. The Hall–Kier alpha value is -2.89. The summed E-state index contributed by atoms with van der Waals surface area (Å²) in [6.07, 6.45) is 0. The van der Waals surface area contributed by atoms with Crippen LogP contribution in [0.4, 0.5) is 16.2 Å². The van der Waals surface area contributed by atoms with Gasteiger partial charge in [0.05, 0.1) is 4.92 Å². The highest BCUT2D eigenvalue weighted by atomic mass is 16.6. The lowest BCUT2D eigenvalue weighted by molar-refractivity contribution is -0.384. The number of carbonyl (C=O) groups is 1. The van der Waals surface area contributed by atoms with Gasteiger partial charge in [-0.1, -0.05) is 44.2 Å². The van der Waals surface area contributed by atoms with E-state index in [1.807, 2.05) is 30.3 Å². The fraction of sp³-hybridized carbons (Fsp3) is 0.235. The lowest BCUT2D eigenvalue weighted by Crippen LogP contribution is -2.38. The number of nitrogens with one attached hydrogen (secondary N) is 2. The molecule has 0 saturated heterocycles. The first kappa shape index (κ1) is 16.5. The Labute approximate surface area is 134 Å². The molecule has 0 fully saturated rings. The number of nitro groups is 1. The first-order valence-corrected chi connectivity index (χ1v) is 7.23. The predicted molar refractivity (Wildman–Crippen MR) is 89.6 cm³/mol. The van der Waals surface area contributed by atoms with Gasteiger partial charge in [0.2, 0.25) is 0 Å². The van der Waals surface area contributed by atoms with Crippen molar-refractivity contribution in [3.8, 4) is 0 Å². The maximum Gasteiger partial charge on any atom is 0.319 e. The molecule has 2 rings (SSSR count). The molecule has 120 valence electrons. The van der Waals surface area contributed by atoms with Gasteiger partial charge >= 0.3 is 6.03 Å². The Bertz CT molecular complexity index is 682. The average molecular weight is 313 g/mol. The van der Waals surface area contributed by atoms with Crippen molar-refractivity contribution in [1.82, 2.24) is 5.32 Å². The third kappa shape index (κ3) is 4.54. The van der Waals surface area contributed by atoms with Gasteiger partial charge in [0.1, 0.15) is 0 Å². The van der Waals surface area contributed by atoms with Crippen LogP contribution in [0.5, 0.6) is 0 Å². The van der Waals surface area contributed by atoms with Gasteiger partial charge in [0.25, 0.3) is 5.69 Å². The van der Waals surface area contributed by atoms with Gasteiger partial charge in [-0.05, 0) is 17.7 Å². The summed E-state index contributed by atoms with van der Waals surface area (Å²) in [5, 5.41) is 16.1. The van der Waals surface area contributed by atoms with Gasteiger partial charge in [-0.2, -0.15) is 0 Å². The molecule has 2 N–H and O–H groups in total. The second-order valence-electron chi connectivity index (χ2n) is 5.86. The molecule has 0 aliphatic heterocycles. The van der Waals surface area contributed by atoms with Crippen LogP contribution in [-0.2, 0) is 5.41 Å². The van der Waals surface area contributed by atoms with E-state index < -0.39 is 4.92 Å². The number of urea groups is 1. The minimum absolute atomic E-state index is 0.0128. The van der Waals surface area contributed by atoms with Gasteiger partial charge in [-0.15, -0.1) is 0 Å².